The topological polar surface area (TPSA) is 46.4 Å². The van der Waals surface area contributed by atoms with Gasteiger partial charge >= 0.3 is 0 Å². The predicted octanol–water partition coefficient (Wildman–Crippen LogP) is 10.3. The Kier molecular flexibility index (Phi) is 13.2. The molecule has 3 aliphatic rings. The van der Waals surface area contributed by atoms with E-state index < -0.39 is 0 Å². The molecule has 1 saturated carbocycles. The molecular weight excluding hydrogens is 719 g/mol. The number of hydrogen-bond acceptors (Lipinski definition) is 6. The molecule has 7 rings (SSSR count). The Bertz CT molecular complexity index is 2030. The SMILES string of the molecule is COCCOCCN1C(=CC=C2CC/C(=C\C=C3\N(CCOCCOC)c4ccccc4C3(C)C)C2=[N+](c2ccccc2)c2ccccc2)C(C)(C)c2ccccc21. The average Bonchev–Trinajstić information content (AvgIpc) is 3.81. The van der Waals surface area contributed by atoms with E-state index in [4.69, 9.17) is 18.9 Å². The normalized spacial score (nSPS) is 19.5. The summed E-state index contributed by atoms with van der Waals surface area (Å²) in [5.74, 6) is 0. The second-order valence-corrected chi connectivity index (χ2v) is 16.1. The van der Waals surface area contributed by atoms with E-state index in [1.54, 1.807) is 14.2 Å². The molecule has 4 aromatic rings. The van der Waals surface area contributed by atoms with Crippen molar-refractivity contribution in [2.45, 2.75) is 51.4 Å². The van der Waals surface area contributed by atoms with Gasteiger partial charge in [-0.05, 0) is 48.3 Å². The van der Waals surface area contributed by atoms with Crippen LogP contribution in [0.5, 0.6) is 0 Å². The first-order chi connectivity index (χ1) is 28.3. The number of para-hydroxylation sites is 4. The van der Waals surface area contributed by atoms with Gasteiger partial charge in [0.25, 0.3) is 0 Å². The predicted molar refractivity (Wildman–Crippen MR) is 240 cm³/mol. The third kappa shape index (κ3) is 8.55. The number of nitrogens with zero attached hydrogens (tertiary/aromatic N) is 3. The van der Waals surface area contributed by atoms with Gasteiger partial charge in [0.1, 0.15) is 0 Å². The molecule has 0 spiro atoms. The van der Waals surface area contributed by atoms with Crippen LogP contribution in [0.3, 0.4) is 0 Å². The summed E-state index contributed by atoms with van der Waals surface area (Å²) >= 11 is 0. The van der Waals surface area contributed by atoms with Gasteiger partial charge in [0, 0.05) is 96.3 Å². The lowest BCUT2D eigenvalue weighted by Gasteiger charge is -2.27. The fourth-order valence-electron chi connectivity index (χ4n) is 8.81. The summed E-state index contributed by atoms with van der Waals surface area (Å²) in [7, 11) is 3.43. The van der Waals surface area contributed by atoms with Crippen molar-refractivity contribution in [3.63, 3.8) is 0 Å². The highest BCUT2D eigenvalue weighted by molar-refractivity contribution is 6.17. The second-order valence-electron chi connectivity index (χ2n) is 16.1. The molecule has 0 aromatic heterocycles. The summed E-state index contributed by atoms with van der Waals surface area (Å²) in [6, 6.07) is 39.2. The van der Waals surface area contributed by atoms with Gasteiger partial charge in [-0.3, -0.25) is 0 Å². The quantitative estimate of drug-likeness (QED) is 0.0834. The number of benzene rings is 4. The minimum atomic E-state index is -0.180. The number of allylic oxidation sites excluding steroid dienone is 8. The Labute approximate surface area is 346 Å². The molecular formula is C51H60N3O4+. The molecule has 7 heteroatoms. The van der Waals surface area contributed by atoms with E-state index >= 15 is 0 Å². The maximum Gasteiger partial charge on any atom is 0.218 e. The summed E-state index contributed by atoms with van der Waals surface area (Å²) in [5, 5.41) is 0. The van der Waals surface area contributed by atoms with Gasteiger partial charge in [-0.1, -0.05) is 113 Å². The zero-order chi connectivity index (χ0) is 40.5. The Morgan fingerprint density at radius 1 is 0.500 bits per heavy atom. The van der Waals surface area contributed by atoms with Crippen molar-refractivity contribution in [1.29, 1.82) is 0 Å². The lowest BCUT2D eigenvalue weighted by Crippen LogP contribution is -2.29. The van der Waals surface area contributed by atoms with Crippen molar-refractivity contribution in [2.75, 3.05) is 76.8 Å². The molecule has 0 saturated heterocycles. The Morgan fingerprint density at radius 3 is 1.31 bits per heavy atom. The van der Waals surface area contributed by atoms with Crippen LogP contribution in [0.4, 0.5) is 22.7 Å². The van der Waals surface area contributed by atoms with Crippen molar-refractivity contribution >= 4 is 28.5 Å². The highest BCUT2D eigenvalue weighted by Crippen LogP contribution is 2.49. The van der Waals surface area contributed by atoms with E-state index in [0.717, 1.165) is 37.3 Å². The molecule has 0 unspecified atom stereocenters. The van der Waals surface area contributed by atoms with Crippen molar-refractivity contribution in [3.8, 4) is 0 Å². The molecule has 4 aromatic carbocycles. The standard InChI is InChI=1S/C51H60N3O4/c1-50(2)43-21-13-15-23-45(43)52(31-33-57-37-35-55-5)47(50)29-27-39-25-26-40(49(39)54(41-17-9-7-10-18-41)42-19-11-8-12-20-42)28-30-48-51(3,4)44-22-14-16-24-46(44)53(48)32-34-58-38-36-56-6/h7-24,27-30H,25-26,31-38H2,1-6H3/q+1. The lowest BCUT2D eigenvalue weighted by atomic mass is 9.83. The van der Waals surface area contributed by atoms with E-state index in [0.29, 0.717) is 39.6 Å². The van der Waals surface area contributed by atoms with E-state index in [-0.39, 0.29) is 10.8 Å². The van der Waals surface area contributed by atoms with Crippen LogP contribution < -0.4 is 14.4 Å². The number of anilines is 2. The van der Waals surface area contributed by atoms with Crippen LogP contribution >= 0.6 is 0 Å². The summed E-state index contributed by atoms with van der Waals surface area (Å²) in [6.07, 6.45) is 11.4. The molecule has 302 valence electrons. The second kappa shape index (κ2) is 18.7. The zero-order valence-electron chi connectivity index (χ0n) is 35.2. The van der Waals surface area contributed by atoms with Crippen molar-refractivity contribution in [1.82, 2.24) is 4.58 Å². The third-order valence-electron chi connectivity index (χ3n) is 11.8. The van der Waals surface area contributed by atoms with E-state index in [9.17, 15) is 0 Å². The van der Waals surface area contributed by atoms with Crippen molar-refractivity contribution in [3.05, 3.63) is 167 Å². The first-order valence-corrected chi connectivity index (χ1v) is 20.8. The Hall–Kier alpha value is -5.05. The number of hydrogen-bond donors (Lipinski definition) is 0. The maximum atomic E-state index is 6.01. The molecule has 0 amide bonds. The molecule has 1 aliphatic carbocycles. The fourth-order valence-corrected chi connectivity index (χ4v) is 8.81. The van der Waals surface area contributed by atoms with Gasteiger partial charge in [0.15, 0.2) is 0 Å². The van der Waals surface area contributed by atoms with E-state index in [1.165, 1.54) is 50.8 Å². The minimum Gasteiger partial charge on any atom is -0.382 e. The zero-order valence-corrected chi connectivity index (χ0v) is 35.2. The van der Waals surface area contributed by atoms with Gasteiger partial charge in [-0.15, -0.1) is 0 Å². The highest BCUT2D eigenvalue weighted by atomic mass is 16.5. The maximum absolute atomic E-state index is 6.01. The summed E-state index contributed by atoms with van der Waals surface area (Å²) in [5.41, 5.74) is 13.5. The Balaban J connectivity index is 1.35. The van der Waals surface area contributed by atoms with Crippen molar-refractivity contribution in [2.24, 2.45) is 0 Å². The van der Waals surface area contributed by atoms with Gasteiger partial charge in [-0.2, -0.15) is 4.58 Å². The Morgan fingerprint density at radius 2 is 0.897 bits per heavy atom. The van der Waals surface area contributed by atoms with Gasteiger partial charge in [0.05, 0.1) is 39.6 Å². The van der Waals surface area contributed by atoms with Crippen LogP contribution in [-0.4, -0.2) is 72.7 Å². The molecule has 2 aliphatic heterocycles. The molecule has 0 bridgehead atoms. The number of methoxy groups -OCH3 is 2. The van der Waals surface area contributed by atoms with Gasteiger partial charge < -0.3 is 28.7 Å². The summed E-state index contributed by atoms with van der Waals surface area (Å²) in [6.45, 7) is 14.5. The number of fused-ring (bicyclic) bond motifs is 2. The number of rotatable bonds is 16. The van der Waals surface area contributed by atoms with Crippen molar-refractivity contribution < 1.29 is 18.9 Å². The molecule has 0 radical (unpaired) electrons. The lowest BCUT2D eigenvalue weighted by molar-refractivity contribution is 0.0744. The van der Waals surface area contributed by atoms with Crippen LogP contribution in [0, 0.1) is 0 Å². The smallest absolute Gasteiger partial charge is 0.218 e. The van der Waals surface area contributed by atoms with E-state index in [2.05, 4.69) is 176 Å². The van der Waals surface area contributed by atoms with Crippen LogP contribution in [0.25, 0.3) is 0 Å². The monoisotopic (exact) mass is 778 g/mol. The third-order valence-corrected chi connectivity index (χ3v) is 11.8. The van der Waals surface area contributed by atoms with Crippen LogP contribution in [0.2, 0.25) is 0 Å². The highest BCUT2D eigenvalue weighted by Gasteiger charge is 2.41. The first-order valence-electron chi connectivity index (χ1n) is 20.8. The molecule has 58 heavy (non-hydrogen) atoms. The van der Waals surface area contributed by atoms with Gasteiger partial charge in [-0.25, -0.2) is 0 Å². The molecule has 0 N–H and O–H groups in total. The summed E-state index contributed by atoms with van der Waals surface area (Å²) < 4.78 is 24.9. The van der Waals surface area contributed by atoms with Gasteiger partial charge in [0.2, 0.25) is 17.1 Å². The number of ether oxygens (including phenoxy) is 4. The summed E-state index contributed by atoms with van der Waals surface area (Å²) in [4.78, 5) is 4.91. The molecule has 2 heterocycles. The fraction of sp³-hybridized carbons (Fsp3) is 0.353. The minimum absolute atomic E-state index is 0.180. The molecule has 1 fully saturated rings. The van der Waals surface area contributed by atoms with E-state index in [1.807, 2.05) is 0 Å². The van der Waals surface area contributed by atoms with Crippen LogP contribution in [0.15, 0.2) is 156 Å². The van der Waals surface area contributed by atoms with Crippen LogP contribution in [0.1, 0.15) is 51.7 Å². The first kappa shape index (κ1) is 41.1. The largest absolute Gasteiger partial charge is 0.382 e. The molecule has 0 atom stereocenters. The van der Waals surface area contributed by atoms with Crippen LogP contribution in [-0.2, 0) is 29.8 Å². The molecule has 7 nitrogen and oxygen atoms in total. The average molecular weight is 779 g/mol.